The van der Waals surface area contributed by atoms with E-state index in [1.54, 1.807) is 13.8 Å². The normalized spacial score (nSPS) is 14.1. The molecule has 0 saturated carbocycles. The number of carboxylic acid groups (broad SMARTS) is 2. The van der Waals surface area contributed by atoms with Gasteiger partial charge in [-0.15, -0.1) is 0 Å². The summed E-state index contributed by atoms with van der Waals surface area (Å²) in [5, 5.41) is 24.5. The van der Waals surface area contributed by atoms with Gasteiger partial charge in [-0.05, 0) is 18.3 Å². The minimum Gasteiger partial charge on any atom is -0.481 e. The molecule has 7 N–H and O–H groups in total. The number of carbonyl (C=O) groups excluding carboxylic acids is 3. The molecule has 3 unspecified atom stereocenters. The maximum Gasteiger partial charge on any atom is 0.322 e. The first kappa shape index (κ1) is 25.3. The van der Waals surface area contributed by atoms with E-state index in [4.69, 9.17) is 15.9 Å². The number of carbonyl (C=O) groups is 5. The summed E-state index contributed by atoms with van der Waals surface area (Å²) >= 11 is 0. The van der Waals surface area contributed by atoms with Gasteiger partial charge in [-0.1, -0.05) is 27.7 Å². The second-order valence-corrected chi connectivity index (χ2v) is 7.24. The Kier molecular flexibility index (Phi) is 10.8. The van der Waals surface area contributed by atoms with Gasteiger partial charge < -0.3 is 31.9 Å². The zero-order chi connectivity index (χ0) is 22.0. The Hall–Kier alpha value is -2.69. The fourth-order valence-electron chi connectivity index (χ4n) is 2.32. The van der Waals surface area contributed by atoms with E-state index in [2.05, 4.69) is 16.0 Å². The summed E-state index contributed by atoms with van der Waals surface area (Å²) in [6.07, 6.45) is -0.354. The predicted octanol–water partition coefficient (Wildman–Crippen LogP) is -1.34. The van der Waals surface area contributed by atoms with E-state index < -0.39 is 60.8 Å². The minimum atomic E-state index is -1.32. The number of nitrogens with two attached hydrogens (primary N) is 1. The van der Waals surface area contributed by atoms with Crippen LogP contribution in [0, 0.1) is 11.8 Å². The Morgan fingerprint density at radius 2 is 1.43 bits per heavy atom. The van der Waals surface area contributed by atoms with Crippen LogP contribution in [0.15, 0.2) is 0 Å². The van der Waals surface area contributed by atoms with Gasteiger partial charge >= 0.3 is 11.9 Å². The largest absolute Gasteiger partial charge is 0.481 e. The molecule has 0 radical (unpaired) electrons. The molecule has 0 bridgehead atoms. The molecule has 0 aliphatic heterocycles. The van der Waals surface area contributed by atoms with Crippen LogP contribution >= 0.6 is 0 Å². The molecular formula is C17H30N4O7. The minimum absolute atomic E-state index is 0.00471. The number of carboxylic acids is 2. The van der Waals surface area contributed by atoms with Crippen LogP contribution in [0.3, 0.4) is 0 Å². The molecule has 11 heteroatoms. The third kappa shape index (κ3) is 9.86. The zero-order valence-electron chi connectivity index (χ0n) is 16.5. The van der Waals surface area contributed by atoms with Gasteiger partial charge in [-0.2, -0.15) is 0 Å². The molecule has 160 valence electrons. The van der Waals surface area contributed by atoms with Crippen molar-refractivity contribution in [2.24, 2.45) is 17.6 Å². The maximum absolute atomic E-state index is 12.6. The lowest BCUT2D eigenvalue weighted by atomic mass is 9.99. The van der Waals surface area contributed by atoms with E-state index in [1.807, 2.05) is 13.8 Å². The molecule has 3 amide bonds. The second-order valence-electron chi connectivity index (χ2n) is 7.24. The SMILES string of the molecule is CC(C)CC(NC(=O)C(N)CC(=O)O)C(=O)NC(C(=O)NCC(=O)O)C(C)C. The average molecular weight is 402 g/mol. The van der Waals surface area contributed by atoms with Crippen LogP contribution in [-0.2, 0) is 24.0 Å². The van der Waals surface area contributed by atoms with Gasteiger partial charge in [0.2, 0.25) is 17.7 Å². The summed E-state index contributed by atoms with van der Waals surface area (Å²) in [7, 11) is 0. The molecule has 0 rings (SSSR count). The smallest absolute Gasteiger partial charge is 0.322 e. The molecule has 0 aromatic carbocycles. The molecule has 28 heavy (non-hydrogen) atoms. The molecule has 0 fully saturated rings. The number of hydrogen-bond acceptors (Lipinski definition) is 6. The highest BCUT2D eigenvalue weighted by Gasteiger charge is 2.30. The topological polar surface area (TPSA) is 188 Å². The molecule has 0 aliphatic carbocycles. The van der Waals surface area contributed by atoms with Crippen molar-refractivity contribution < 1.29 is 34.2 Å². The highest BCUT2D eigenvalue weighted by molar-refractivity contribution is 5.94. The van der Waals surface area contributed by atoms with Gasteiger partial charge in [0.1, 0.15) is 18.6 Å². The number of nitrogens with one attached hydrogen (secondary N) is 3. The first-order valence-corrected chi connectivity index (χ1v) is 8.92. The molecule has 0 aliphatic rings. The summed E-state index contributed by atoms with van der Waals surface area (Å²) in [5.41, 5.74) is 5.52. The molecule has 0 heterocycles. The Morgan fingerprint density at radius 3 is 1.86 bits per heavy atom. The van der Waals surface area contributed by atoms with Crippen molar-refractivity contribution >= 4 is 29.7 Å². The van der Waals surface area contributed by atoms with Crippen molar-refractivity contribution in [2.45, 2.75) is 58.7 Å². The molecule has 0 aromatic rings. The van der Waals surface area contributed by atoms with Gasteiger partial charge in [-0.25, -0.2) is 0 Å². The quantitative estimate of drug-likeness (QED) is 0.231. The molecule has 3 atom stereocenters. The highest BCUT2D eigenvalue weighted by Crippen LogP contribution is 2.08. The summed E-state index contributed by atoms with van der Waals surface area (Å²) in [5.74, 6) is -4.91. The van der Waals surface area contributed by atoms with E-state index in [-0.39, 0.29) is 18.3 Å². The number of hydrogen-bond donors (Lipinski definition) is 6. The Bertz CT molecular complexity index is 592. The van der Waals surface area contributed by atoms with E-state index in [0.29, 0.717) is 0 Å². The van der Waals surface area contributed by atoms with E-state index in [0.717, 1.165) is 0 Å². The van der Waals surface area contributed by atoms with Crippen molar-refractivity contribution in [3.63, 3.8) is 0 Å². The summed E-state index contributed by atoms with van der Waals surface area (Å²) in [6.45, 7) is 6.40. The lowest BCUT2D eigenvalue weighted by Gasteiger charge is -2.26. The lowest BCUT2D eigenvalue weighted by Crippen LogP contribution is -2.57. The van der Waals surface area contributed by atoms with Crippen LogP contribution in [-0.4, -0.2) is 64.5 Å². The third-order valence-corrected chi connectivity index (χ3v) is 3.73. The molecule has 0 saturated heterocycles. The summed E-state index contributed by atoms with van der Waals surface area (Å²) in [4.78, 5) is 58.2. The lowest BCUT2D eigenvalue weighted by molar-refractivity contribution is -0.140. The molecule has 0 aromatic heterocycles. The van der Waals surface area contributed by atoms with Crippen LogP contribution in [0.25, 0.3) is 0 Å². The number of amides is 3. The van der Waals surface area contributed by atoms with Crippen molar-refractivity contribution in [1.82, 2.24) is 16.0 Å². The fraction of sp³-hybridized carbons (Fsp3) is 0.706. The van der Waals surface area contributed by atoms with Gasteiger partial charge in [0.25, 0.3) is 0 Å². The van der Waals surface area contributed by atoms with Crippen molar-refractivity contribution in [3.8, 4) is 0 Å². The Balaban J connectivity index is 5.19. The predicted molar refractivity (Wildman–Crippen MR) is 99.0 cm³/mol. The van der Waals surface area contributed by atoms with Crippen LogP contribution in [0.4, 0.5) is 0 Å². The van der Waals surface area contributed by atoms with Crippen LogP contribution in [0.1, 0.15) is 40.5 Å². The van der Waals surface area contributed by atoms with Gasteiger partial charge in [0.05, 0.1) is 12.5 Å². The second kappa shape index (κ2) is 11.9. The van der Waals surface area contributed by atoms with Crippen molar-refractivity contribution in [2.75, 3.05) is 6.54 Å². The molecular weight excluding hydrogens is 372 g/mol. The number of rotatable bonds is 12. The summed E-state index contributed by atoms with van der Waals surface area (Å²) in [6, 6.07) is -3.35. The van der Waals surface area contributed by atoms with Crippen LogP contribution in [0.2, 0.25) is 0 Å². The Labute approximate surface area is 163 Å². The standard InChI is InChI=1S/C17H30N4O7/c1-8(2)5-11(20-15(26)10(18)6-12(22)23)16(27)21-14(9(3)4)17(28)19-7-13(24)25/h8-11,14H,5-7,18H2,1-4H3,(H,19,28)(H,20,26)(H,21,27)(H,22,23)(H,24,25). The van der Waals surface area contributed by atoms with Crippen molar-refractivity contribution in [1.29, 1.82) is 0 Å². The van der Waals surface area contributed by atoms with Gasteiger partial charge in [0.15, 0.2) is 0 Å². The number of aliphatic carboxylic acids is 2. The van der Waals surface area contributed by atoms with Crippen LogP contribution < -0.4 is 21.7 Å². The first-order valence-electron chi connectivity index (χ1n) is 8.92. The zero-order valence-corrected chi connectivity index (χ0v) is 16.5. The average Bonchev–Trinajstić information content (AvgIpc) is 2.55. The fourth-order valence-corrected chi connectivity index (χ4v) is 2.32. The van der Waals surface area contributed by atoms with E-state index in [9.17, 15) is 24.0 Å². The maximum atomic E-state index is 12.6. The van der Waals surface area contributed by atoms with E-state index >= 15 is 0 Å². The van der Waals surface area contributed by atoms with Gasteiger partial charge in [0, 0.05) is 0 Å². The monoisotopic (exact) mass is 402 g/mol. The first-order chi connectivity index (χ1) is 12.8. The van der Waals surface area contributed by atoms with Gasteiger partial charge in [-0.3, -0.25) is 24.0 Å². The molecule has 0 spiro atoms. The van der Waals surface area contributed by atoms with E-state index in [1.165, 1.54) is 0 Å². The summed E-state index contributed by atoms with van der Waals surface area (Å²) < 4.78 is 0. The third-order valence-electron chi connectivity index (χ3n) is 3.73. The molecule has 11 nitrogen and oxygen atoms in total. The van der Waals surface area contributed by atoms with Crippen LogP contribution in [0.5, 0.6) is 0 Å². The van der Waals surface area contributed by atoms with Crippen molar-refractivity contribution in [3.05, 3.63) is 0 Å². The Morgan fingerprint density at radius 1 is 0.857 bits per heavy atom. The highest BCUT2D eigenvalue weighted by atomic mass is 16.4.